The predicted molar refractivity (Wildman–Crippen MR) is 75.2 cm³/mol. The number of fused-ring (bicyclic) bond motifs is 1. The number of carboxylic acid groups (broad SMARTS) is 1. The first kappa shape index (κ1) is 13.5. The van der Waals surface area contributed by atoms with Crippen molar-refractivity contribution in [1.29, 1.82) is 0 Å². The molecule has 21 heavy (non-hydrogen) atoms. The van der Waals surface area contributed by atoms with Crippen LogP contribution in [0.1, 0.15) is 33.6 Å². The zero-order valence-corrected chi connectivity index (χ0v) is 11.3. The van der Waals surface area contributed by atoms with Crippen LogP contribution in [-0.4, -0.2) is 15.6 Å². The minimum Gasteiger partial charge on any atom is -0.478 e. The highest BCUT2D eigenvalue weighted by Crippen LogP contribution is 2.21. The zero-order chi connectivity index (χ0) is 15.0. The van der Waals surface area contributed by atoms with Gasteiger partial charge in [0.2, 0.25) is 0 Å². The van der Waals surface area contributed by atoms with Gasteiger partial charge in [0.15, 0.2) is 0 Å². The van der Waals surface area contributed by atoms with Crippen molar-refractivity contribution in [3.05, 3.63) is 68.9 Å². The first-order valence-electron chi connectivity index (χ1n) is 6.79. The van der Waals surface area contributed by atoms with E-state index in [1.807, 2.05) is 6.07 Å². The van der Waals surface area contributed by atoms with Gasteiger partial charge in [-0.05, 0) is 48.6 Å². The second kappa shape index (κ2) is 5.16. The van der Waals surface area contributed by atoms with Crippen LogP contribution in [0.25, 0.3) is 0 Å². The second-order valence-electron chi connectivity index (χ2n) is 5.19. The molecule has 1 aromatic carbocycles. The van der Waals surface area contributed by atoms with Gasteiger partial charge in [-0.1, -0.05) is 6.07 Å². The molecule has 2 aromatic rings. The fourth-order valence-electron chi connectivity index (χ4n) is 2.88. The van der Waals surface area contributed by atoms with Crippen LogP contribution >= 0.6 is 0 Å². The number of carbonyl (C=O) groups is 1. The summed E-state index contributed by atoms with van der Waals surface area (Å²) in [6.45, 7) is 0.0847. The number of aromatic carboxylic acids is 1. The summed E-state index contributed by atoms with van der Waals surface area (Å²) < 4.78 is 15.0. The maximum Gasteiger partial charge on any atom is 0.336 e. The van der Waals surface area contributed by atoms with Gasteiger partial charge in [0.25, 0.3) is 5.56 Å². The number of carboxylic acids is 1. The molecule has 1 heterocycles. The molecule has 0 saturated heterocycles. The molecule has 0 aliphatic heterocycles. The lowest BCUT2D eigenvalue weighted by Crippen LogP contribution is -2.24. The van der Waals surface area contributed by atoms with E-state index in [-0.39, 0.29) is 17.7 Å². The van der Waals surface area contributed by atoms with Gasteiger partial charge in [0.1, 0.15) is 5.82 Å². The Bertz CT molecular complexity index is 780. The van der Waals surface area contributed by atoms with E-state index < -0.39 is 11.8 Å². The number of hydrogen-bond donors (Lipinski definition) is 1. The monoisotopic (exact) mass is 287 g/mol. The predicted octanol–water partition coefficient (Wildman–Crippen LogP) is 2.22. The quantitative estimate of drug-likeness (QED) is 0.941. The molecule has 0 atom stereocenters. The second-order valence-corrected chi connectivity index (χ2v) is 5.19. The highest BCUT2D eigenvalue weighted by atomic mass is 19.1. The Morgan fingerprint density at radius 2 is 2.05 bits per heavy atom. The van der Waals surface area contributed by atoms with Crippen molar-refractivity contribution in [1.82, 2.24) is 4.57 Å². The van der Waals surface area contributed by atoms with E-state index in [1.54, 1.807) is 4.57 Å². The van der Waals surface area contributed by atoms with Crippen LogP contribution < -0.4 is 5.56 Å². The number of pyridine rings is 1. The molecule has 1 aliphatic rings. The van der Waals surface area contributed by atoms with Crippen molar-refractivity contribution in [3.63, 3.8) is 0 Å². The van der Waals surface area contributed by atoms with Gasteiger partial charge in [-0.15, -0.1) is 0 Å². The van der Waals surface area contributed by atoms with E-state index in [0.717, 1.165) is 36.6 Å². The highest BCUT2D eigenvalue weighted by Gasteiger charge is 2.18. The Balaban J connectivity index is 2.10. The lowest BCUT2D eigenvalue weighted by Gasteiger charge is -2.13. The van der Waals surface area contributed by atoms with Crippen LogP contribution in [0.2, 0.25) is 0 Å². The molecule has 1 N–H and O–H groups in total. The zero-order valence-electron chi connectivity index (χ0n) is 11.3. The van der Waals surface area contributed by atoms with Crippen molar-refractivity contribution in [2.75, 3.05) is 0 Å². The molecular weight excluding hydrogens is 273 g/mol. The first-order valence-corrected chi connectivity index (χ1v) is 6.79. The fraction of sp³-hybridized carbons (Fsp3) is 0.250. The van der Waals surface area contributed by atoms with Gasteiger partial charge in [-0.3, -0.25) is 4.79 Å². The van der Waals surface area contributed by atoms with Gasteiger partial charge < -0.3 is 9.67 Å². The molecule has 0 amide bonds. The summed E-state index contributed by atoms with van der Waals surface area (Å²) >= 11 is 0. The summed E-state index contributed by atoms with van der Waals surface area (Å²) in [5.41, 5.74) is 2.20. The van der Waals surface area contributed by atoms with Crippen molar-refractivity contribution in [2.45, 2.75) is 25.8 Å². The summed E-state index contributed by atoms with van der Waals surface area (Å²) in [5.74, 6) is -1.62. The Labute approximate surface area is 120 Å². The Morgan fingerprint density at radius 1 is 1.24 bits per heavy atom. The van der Waals surface area contributed by atoms with E-state index in [2.05, 4.69) is 0 Å². The molecule has 5 heteroatoms. The molecule has 3 rings (SSSR count). The first-order chi connectivity index (χ1) is 10.1. The standard InChI is InChI=1S/C16H14FNO3/c17-12-5-6-13(16(20)21)11(8-12)9-18-14-3-1-2-10(14)4-7-15(18)19/h4-8H,1-3,9H2,(H,20,21). The largest absolute Gasteiger partial charge is 0.478 e. The van der Waals surface area contributed by atoms with Gasteiger partial charge in [0.05, 0.1) is 12.1 Å². The minimum absolute atomic E-state index is 0.0268. The summed E-state index contributed by atoms with van der Waals surface area (Å²) in [6, 6.07) is 6.85. The lowest BCUT2D eigenvalue weighted by atomic mass is 10.1. The molecule has 4 nitrogen and oxygen atoms in total. The molecule has 0 unspecified atom stereocenters. The van der Waals surface area contributed by atoms with Crippen molar-refractivity contribution < 1.29 is 14.3 Å². The highest BCUT2D eigenvalue weighted by molar-refractivity contribution is 5.89. The normalized spacial score (nSPS) is 13.2. The molecule has 0 fully saturated rings. The maximum atomic E-state index is 13.4. The van der Waals surface area contributed by atoms with E-state index in [4.69, 9.17) is 0 Å². The smallest absolute Gasteiger partial charge is 0.336 e. The average Bonchev–Trinajstić information content (AvgIpc) is 2.90. The third-order valence-corrected chi connectivity index (χ3v) is 3.88. The SMILES string of the molecule is O=C(O)c1ccc(F)cc1Cn1c2c(ccc1=O)CCC2. The van der Waals surface area contributed by atoms with E-state index >= 15 is 0 Å². The molecule has 0 bridgehead atoms. The van der Waals surface area contributed by atoms with Crippen molar-refractivity contribution in [3.8, 4) is 0 Å². The number of hydrogen-bond acceptors (Lipinski definition) is 2. The van der Waals surface area contributed by atoms with Crippen LogP contribution in [0, 0.1) is 5.82 Å². The number of rotatable bonds is 3. The summed E-state index contributed by atoms with van der Waals surface area (Å²) in [6.07, 6.45) is 2.70. The Hall–Kier alpha value is -2.43. The summed E-state index contributed by atoms with van der Waals surface area (Å²) in [4.78, 5) is 23.3. The van der Waals surface area contributed by atoms with Crippen LogP contribution in [0.4, 0.5) is 4.39 Å². The molecule has 1 aromatic heterocycles. The van der Waals surface area contributed by atoms with Gasteiger partial charge >= 0.3 is 5.97 Å². The lowest BCUT2D eigenvalue weighted by molar-refractivity contribution is 0.0695. The van der Waals surface area contributed by atoms with Crippen LogP contribution in [0.15, 0.2) is 35.1 Å². The van der Waals surface area contributed by atoms with E-state index in [1.165, 1.54) is 18.2 Å². The number of aromatic nitrogens is 1. The summed E-state index contributed by atoms with van der Waals surface area (Å²) in [7, 11) is 0. The molecule has 0 spiro atoms. The fourth-order valence-corrected chi connectivity index (χ4v) is 2.88. The number of benzene rings is 1. The molecular formula is C16H14FNO3. The molecule has 1 aliphatic carbocycles. The van der Waals surface area contributed by atoms with E-state index in [9.17, 15) is 19.1 Å². The van der Waals surface area contributed by atoms with Crippen LogP contribution in [0.3, 0.4) is 0 Å². The van der Waals surface area contributed by atoms with Crippen LogP contribution in [-0.2, 0) is 19.4 Å². The third kappa shape index (κ3) is 2.46. The molecule has 108 valence electrons. The minimum atomic E-state index is -1.12. The average molecular weight is 287 g/mol. The van der Waals surface area contributed by atoms with Gasteiger partial charge in [-0.2, -0.15) is 0 Å². The molecule has 0 saturated carbocycles. The van der Waals surface area contributed by atoms with Crippen molar-refractivity contribution >= 4 is 5.97 Å². The Kier molecular flexibility index (Phi) is 3.33. The number of aryl methyl sites for hydroxylation is 1. The van der Waals surface area contributed by atoms with Gasteiger partial charge in [0, 0.05) is 11.8 Å². The third-order valence-electron chi connectivity index (χ3n) is 3.88. The van der Waals surface area contributed by atoms with Crippen molar-refractivity contribution in [2.24, 2.45) is 0 Å². The van der Waals surface area contributed by atoms with Gasteiger partial charge in [-0.25, -0.2) is 9.18 Å². The maximum absolute atomic E-state index is 13.4. The topological polar surface area (TPSA) is 59.3 Å². The summed E-state index contributed by atoms with van der Waals surface area (Å²) in [5, 5.41) is 9.19. The Morgan fingerprint density at radius 3 is 2.81 bits per heavy atom. The van der Waals surface area contributed by atoms with Crippen LogP contribution in [0.5, 0.6) is 0 Å². The van der Waals surface area contributed by atoms with E-state index in [0.29, 0.717) is 5.56 Å². The molecule has 0 radical (unpaired) electrons. The number of nitrogens with zero attached hydrogens (tertiary/aromatic N) is 1. The number of halogens is 1.